The van der Waals surface area contributed by atoms with Crippen LogP contribution < -0.4 is 14.8 Å². The molecular formula is C28H25N3O5. The van der Waals surface area contributed by atoms with Crippen molar-refractivity contribution in [1.29, 1.82) is 0 Å². The molecule has 0 radical (unpaired) electrons. The van der Waals surface area contributed by atoms with Crippen LogP contribution in [0.4, 0.5) is 5.69 Å². The van der Waals surface area contributed by atoms with Crippen molar-refractivity contribution >= 4 is 17.6 Å². The highest BCUT2D eigenvalue weighted by Crippen LogP contribution is 2.34. The lowest BCUT2D eigenvalue weighted by Gasteiger charge is -2.13. The fourth-order valence-corrected chi connectivity index (χ4v) is 3.74. The van der Waals surface area contributed by atoms with Gasteiger partial charge in [0, 0.05) is 23.6 Å². The summed E-state index contributed by atoms with van der Waals surface area (Å²) in [7, 11) is 4.45. The molecule has 0 unspecified atom stereocenters. The van der Waals surface area contributed by atoms with E-state index in [0.29, 0.717) is 40.0 Å². The first kappa shape index (κ1) is 24.4. The van der Waals surface area contributed by atoms with Crippen molar-refractivity contribution in [1.82, 2.24) is 9.97 Å². The second kappa shape index (κ2) is 10.7. The Hall–Kier alpha value is -4.72. The smallest absolute Gasteiger partial charge is 0.339 e. The van der Waals surface area contributed by atoms with Crippen LogP contribution in [0.2, 0.25) is 0 Å². The molecule has 0 bridgehead atoms. The first-order valence-electron chi connectivity index (χ1n) is 11.1. The van der Waals surface area contributed by atoms with Crippen molar-refractivity contribution in [3.05, 3.63) is 78.4 Å². The van der Waals surface area contributed by atoms with Gasteiger partial charge in [0.15, 0.2) is 17.3 Å². The molecule has 3 aromatic carbocycles. The van der Waals surface area contributed by atoms with Gasteiger partial charge in [-0.1, -0.05) is 36.4 Å². The molecule has 1 heterocycles. The predicted octanol–water partition coefficient (Wildman–Crippen LogP) is 5.24. The number of nitrogens with zero attached hydrogens (tertiary/aromatic N) is 2. The summed E-state index contributed by atoms with van der Waals surface area (Å²) in [5.74, 6) is 0.831. The van der Waals surface area contributed by atoms with Gasteiger partial charge in [-0.3, -0.25) is 4.79 Å². The Morgan fingerprint density at radius 3 is 1.97 bits per heavy atom. The van der Waals surface area contributed by atoms with Crippen LogP contribution in [0.1, 0.15) is 17.3 Å². The van der Waals surface area contributed by atoms with Gasteiger partial charge < -0.3 is 19.5 Å². The van der Waals surface area contributed by atoms with Gasteiger partial charge in [0.2, 0.25) is 5.91 Å². The van der Waals surface area contributed by atoms with Gasteiger partial charge in [0.05, 0.1) is 44.0 Å². The number of nitrogens with one attached hydrogen (secondary N) is 1. The highest BCUT2D eigenvalue weighted by atomic mass is 16.5. The van der Waals surface area contributed by atoms with Crippen LogP contribution >= 0.6 is 0 Å². The predicted molar refractivity (Wildman–Crippen MR) is 137 cm³/mol. The number of hydrogen-bond acceptors (Lipinski definition) is 7. The summed E-state index contributed by atoms with van der Waals surface area (Å²) in [5.41, 5.74) is 4.12. The van der Waals surface area contributed by atoms with Crippen molar-refractivity contribution < 1.29 is 23.8 Å². The maximum Gasteiger partial charge on any atom is 0.339 e. The minimum atomic E-state index is -0.571. The Morgan fingerprint density at radius 2 is 1.36 bits per heavy atom. The Labute approximate surface area is 208 Å². The summed E-state index contributed by atoms with van der Waals surface area (Å²) in [6.45, 7) is 1.38. The fraction of sp³-hybridized carbons (Fsp3) is 0.143. The van der Waals surface area contributed by atoms with Crippen LogP contribution in [0.25, 0.3) is 33.9 Å². The van der Waals surface area contributed by atoms with Crippen LogP contribution in [0.5, 0.6) is 11.5 Å². The zero-order valence-electron chi connectivity index (χ0n) is 20.4. The quantitative estimate of drug-likeness (QED) is 0.359. The third-order valence-corrected chi connectivity index (χ3v) is 5.47. The van der Waals surface area contributed by atoms with Crippen LogP contribution in [0, 0.1) is 0 Å². The maximum absolute atomic E-state index is 12.5. The number of anilines is 1. The number of benzene rings is 3. The van der Waals surface area contributed by atoms with E-state index in [1.165, 1.54) is 14.0 Å². The molecule has 0 saturated heterocycles. The van der Waals surface area contributed by atoms with E-state index in [4.69, 9.17) is 24.2 Å². The number of carbonyl (C=O) groups excluding carboxylic acids is 2. The maximum atomic E-state index is 12.5. The molecule has 1 amide bonds. The van der Waals surface area contributed by atoms with Crippen molar-refractivity contribution in [2.45, 2.75) is 6.92 Å². The third kappa shape index (κ3) is 5.17. The van der Waals surface area contributed by atoms with E-state index in [-0.39, 0.29) is 11.5 Å². The van der Waals surface area contributed by atoms with E-state index < -0.39 is 5.97 Å². The van der Waals surface area contributed by atoms with E-state index in [9.17, 15) is 9.59 Å². The number of carbonyl (C=O) groups is 2. The lowest BCUT2D eigenvalue weighted by Crippen LogP contribution is -2.12. The van der Waals surface area contributed by atoms with E-state index >= 15 is 0 Å². The molecule has 0 saturated carbocycles. The van der Waals surface area contributed by atoms with Crippen molar-refractivity contribution in [2.75, 3.05) is 26.6 Å². The molecule has 0 spiro atoms. The second-order valence-corrected chi connectivity index (χ2v) is 7.83. The van der Waals surface area contributed by atoms with Crippen LogP contribution in [0.15, 0.2) is 72.8 Å². The molecule has 36 heavy (non-hydrogen) atoms. The highest BCUT2D eigenvalue weighted by molar-refractivity contribution is 6.01. The molecule has 0 atom stereocenters. The first-order chi connectivity index (χ1) is 17.4. The molecular weight excluding hydrogens is 458 g/mol. The number of ether oxygens (including phenoxy) is 3. The Bertz CT molecular complexity index is 1420. The van der Waals surface area contributed by atoms with Crippen LogP contribution in [0.3, 0.4) is 0 Å². The van der Waals surface area contributed by atoms with Crippen LogP contribution in [-0.4, -0.2) is 43.2 Å². The number of hydrogen-bond donors (Lipinski definition) is 1. The normalized spacial score (nSPS) is 10.4. The molecule has 0 fully saturated rings. The summed E-state index contributed by atoms with van der Waals surface area (Å²) in [6, 6.07) is 22.1. The van der Waals surface area contributed by atoms with Gasteiger partial charge in [-0.15, -0.1) is 0 Å². The number of rotatable bonds is 7. The summed E-state index contributed by atoms with van der Waals surface area (Å²) in [5, 5.41) is 2.67. The summed E-state index contributed by atoms with van der Waals surface area (Å²) < 4.78 is 15.8. The summed E-state index contributed by atoms with van der Waals surface area (Å²) >= 11 is 0. The zero-order valence-corrected chi connectivity index (χ0v) is 20.4. The largest absolute Gasteiger partial charge is 0.493 e. The molecule has 4 rings (SSSR count). The van der Waals surface area contributed by atoms with Gasteiger partial charge >= 0.3 is 5.97 Å². The SMILES string of the molecule is COC(=O)c1cc(-c2cc(-c3ccc(OC)c(OC)c3)nc(-c3ccccc3)n2)ccc1NC(C)=O. The highest BCUT2D eigenvalue weighted by Gasteiger charge is 2.17. The molecule has 8 heteroatoms. The van der Waals surface area contributed by atoms with E-state index in [1.807, 2.05) is 54.6 Å². The van der Waals surface area contributed by atoms with E-state index in [2.05, 4.69) is 5.32 Å². The molecule has 8 nitrogen and oxygen atoms in total. The molecule has 1 N–H and O–H groups in total. The summed E-state index contributed by atoms with van der Waals surface area (Å²) in [4.78, 5) is 33.7. The van der Waals surface area contributed by atoms with Gasteiger partial charge in [-0.25, -0.2) is 14.8 Å². The van der Waals surface area contributed by atoms with E-state index in [1.54, 1.807) is 32.4 Å². The number of esters is 1. The lowest BCUT2D eigenvalue weighted by atomic mass is 10.0. The van der Waals surface area contributed by atoms with Crippen LogP contribution in [-0.2, 0) is 9.53 Å². The Kier molecular flexibility index (Phi) is 7.25. The monoisotopic (exact) mass is 483 g/mol. The number of amides is 1. The standard InChI is InChI=1S/C28H25N3O5/c1-17(32)29-22-12-10-19(14-21(22)28(33)36-4)23-16-24(20-11-13-25(34-2)26(15-20)35-3)31-27(30-23)18-8-6-5-7-9-18/h5-16H,1-4H3,(H,29,32). The van der Waals surface area contributed by atoms with Gasteiger partial charge in [0.25, 0.3) is 0 Å². The first-order valence-corrected chi connectivity index (χ1v) is 11.1. The Morgan fingerprint density at radius 1 is 0.722 bits per heavy atom. The molecule has 0 aliphatic rings. The average Bonchev–Trinajstić information content (AvgIpc) is 2.92. The molecule has 0 aliphatic carbocycles. The molecule has 1 aromatic heterocycles. The van der Waals surface area contributed by atoms with Gasteiger partial charge in [-0.05, 0) is 36.4 Å². The average molecular weight is 484 g/mol. The fourth-order valence-electron chi connectivity index (χ4n) is 3.74. The number of aromatic nitrogens is 2. The lowest BCUT2D eigenvalue weighted by molar-refractivity contribution is -0.114. The molecule has 0 aliphatic heterocycles. The molecule has 182 valence electrons. The number of methoxy groups -OCH3 is 3. The minimum Gasteiger partial charge on any atom is -0.493 e. The van der Waals surface area contributed by atoms with Crippen molar-refractivity contribution in [3.63, 3.8) is 0 Å². The molecule has 4 aromatic rings. The topological polar surface area (TPSA) is 99.6 Å². The van der Waals surface area contributed by atoms with Gasteiger partial charge in [-0.2, -0.15) is 0 Å². The Balaban J connectivity index is 1.91. The minimum absolute atomic E-state index is 0.220. The van der Waals surface area contributed by atoms with E-state index in [0.717, 1.165) is 11.1 Å². The van der Waals surface area contributed by atoms with Crippen molar-refractivity contribution in [2.24, 2.45) is 0 Å². The summed E-state index contributed by atoms with van der Waals surface area (Å²) in [6.07, 6.45) is 0. The zero-order chi connectivity index (χ0) is 25.7. The van der Waals surface area contributed by atoms with Gasteiger partial charge in [0.1, 0.15) is 0 Å². The van der Waals surface area contributed by atoms with Crippen molar-refractivity contribution in [3.8, 4) is 45.4 Å². The third-order valence-electron chi connectivity index (χ3n) is 5.47. The second-order valence-electron chi connectivity index (χ2n) is 7.83.